The molecule has 0 radical (unpaired) electrons. The zero-order valence-corrected chi connectivity index (χ0v) is 19.0. The zero-order chi connectivity index (χ0) is 24.4. The molecule has 7 rings (SSSR count). The second-order valence-electron chi connectivity index (χ2n) is 9.02. The van der Waals surface area contributed by atoms with Crippen LogP contribution in [0.2, 0.25) is 0 Å². The predicted molar refractivity (Wildman–Crippen MR) is 135 cm³/mol. The van der Waals surface area contributed by atoms with E-state index in [1.807, 2.05) is 60.7 Å². The molecule has 0 atom stereocenters. The monoisotopic (exact) mass is 470 g/mol. The summed E-state index contributed by atoms with van der Waals surface area (Å²) in [5.41, 5.74) is 3.55. The summed E-state index contributed by atoms with van der Waals surface area (Å²) in [5, 5.41) is 3.84. The van der Waals surface area contributed by atoms with E-state index in [2.05, 4.69) is 0 Å². The summed E-state index contributed by atoms with van der Waals surface area (Å²) in [6.45, 7) is 0.250. The van der Waals surface area contributed by atoms with Crippen LogP contribution in [0.3, 0.4) is 0 Å². The molecule has 2 aliphatic rings. The number of hydrogen-bond donors (Lipinski definition) is 0. The van der Waals surface area contributed by atoms with Crippen molar-refractivity contribution < 1.29 is 19.2 Å². The van der Waals surface area contributed by atoms with Gasteiger partial charge in [-0.15, -0.1) is 0 Å². The fourth-order valence-corrected chi connectivity index (χ4v) is 5.15. The summed E-state index contributed by atoms with van der Waals surface area (Å²) >= 11 is 0. The number of ketones is 2. The van der Waals surface area contributed by atoms with Gasteiger partial charge in [0.25, 0.3) is 5.91 Å². The molecule has 1 amide bonds. The summed E-state index contributed by atoms with van der Waals surface area (Å²) in [6, 6.07) is 27.5. The number of Topliss-reactive ketones (excluding diaryl/α,β-unsaturated/α-hetero) is 2. The van der Waals surface area contributed by atoms with Gasteiger partial charge in [-0.3, -0.25) is 19.2 Å². The lowest BCUT2D eigenvalue weighted by molar-refractivity contribution is 0.0532. The van der Waals surface area contributed by atoms with E-state index < -0.39 is 5.92 Å². The summed E-state index contributed by atoms with van der Waals surface area (Å²) in [4.78, 5) is 50.6. The lowest BCUT2D eigenvalue weighted by atomic mass is 9.98. The molecular weight excluding hydrogens is 452 g/mol. The van der Waals surface area contributed by atoms with Gasteiger partial charge in [0.2, 0.25) is 0 Å². The van der Waals surface area contributed by atoms with Crippen molar-refractivity contribution in [3.8, 4) is 0 Å². The van der Waals surface area contributed by atoms with Crippen LogP contribution in [0.1, 0.15) is 48.2 Å². The molecule has 0 unspecified atom stereocenters. The van der Waals surface area contributed by atoms with E-state index in [-0.39, 0.29) is 24.1 Å². The molecule has 1 aliphatic carbocycles. The summed E-state index contributed by atoms with van der Waals surface area (Å²) < 4.78 is 0. The van der Waals surface area contributed by atoms with Gasteiger partial charge in [0.1, 0.15) is 12.5 Å². The van der Waals surface area contributed by atoms with Crippen LogP contribution in [0.4, 0.5) is 5.69 Å². The van der Waals surface area contributed by atoms with E-state index in [4.69, 9.17) is 9.82 Å². The van der Waals surface area contributed by atoms with Crippen molar-refractivity contribution in [2.24, 2.45) is 0 Å². The minimum absolute atomic E-state index is 0.250. The van der Waals surface area contributed by atoms with Crippen LogP contribution in [0.5, 0.6) is 0 Å². The quantitative estimate of drug-likeness (QED) is 0.312. The fourth-order valence-electron chi connectivity index (χ4n) is 5.15. The highest BCUT2D eigenvalue weighted by molar-refractivity contribution is 6.30. The molecule has 0 N–H and O–H groups in total. The van der Waals surface area contributed by atoms with Gasteiger partial charge in [0.05, 0.1) is 16.9 Å². The van der Waals surface area contributed by atoms with E-state index in [9.17, 15) is 14.4 Å². The number of rotatable bonds is 2. The van der Waals surface area contributed by atoms with Gasteiger partial charge in [-0.25, -0.2) is 4.98 Å². The Kier molecular flexibility index (Phi) is 4.40. The van der Waals surface area contributed by atoms with Gasteiger partial charge in [-0.1, -0.05) is 60.7 Å². The fraction of sp³-hybridized carbons (Fsp3) is 0.0667. The summed E-state index contributed by atoms with van der Waals surface area (Å²) in [7, 11) is 0. The number of benzene rings is 4. The van der Waals surface area contributed by atoms with E-state index in [0.29, 0.717) is 33.6 Å². The first-order valence-electron chi connectivity index (χ1n) is 11.7. The van der Waals surface area contributed by atoms with Crippen molar-refractivity contribution >= 4 is 44.8 Å². The van der Waals surface area contributed by atoms with Crippen LogP contribution < -0.4 is 5.06 Å². The average Bonchev–Trinajstić information content (AvgIpc) is 3.16. The highest BCUT2D eigenvalue weighted by atomic mass is 16.7. The van der Waals surface area contributed by atoms with Gasteiger partial charge in [-0.05, 0) is 46.7 Å². The van der Waals surface area contributed by atoms with Crippen LogP contribution in [0.15, 0.2) is 91.0 Å². The van der Waals surface area contributed by atoms with Gasteiger partial charge in [0, 0.05) is 22.1 Å². The highest BCUT2D eigenvalue weighted by Gasteiger charge is 2.41. The van der Waals surface area contributed by atoms with Crippen molar-refractivity contribution in [1.29, 1.82) is 0 Å². The maximum atomic E-state index is 13.4. The normalized spacial score (nSPS) is 15.6. The third-order valence-electron chi connectivity index (χ3n) is 6.96. The van der Waals surface area contributed by atoms with Crippen molar-refractivity contribution in [3.05, 3.63) is 119 Å². The molecule has 6 heteroatoms. The molecule has 6 nitrogen and oxygen atoms in total. The number of para-hydroxylation sites is 1. The smallest absolute Gasteiger partial charge is 0.282 e. The Balaban J connectivity index is 1.33. The number of fused-ring (bicyclic) bond motifs is 4. The molecule has 0 spiro atoms. The van der Waals surface area contributed by atoms with Crippen LogP contribution in [0, 0.1) is 0 Å². The van der Waals surface area contributed by atoms with Crippen LogP contribution in [-0.4, -0.2) is 22.5 Å². The minimum atomic E-state index is -1.02. The van der Waals surface area contributed by atoms with Crippen LogP contribution in [-0.2, 0) is 11.4 Å². The molecule has 0 bridgehead atoms. The van der Waals surface area contributed by atoms with E-state index in [0.717, 1.165) is 21.7 Å². The molecule has 0 saturated carbocycles. The number of hydrogen-bond acceptors (Lipinski definition) is 5. The minimum Gasteiger partial charge on any atom is -0.293 e. The molecular formula is C30H18N2O4. The number of aromatic nitrogens is 1. The van der Waals surface area contributed by atoms with Crippen molar-refractivity contribution in [1.82, 2.24) is 4.98 Å². The Labute approximate surface area is 205 Å². The van der Waals surface area contributed by atoms with Crippen molar-refractivity contribution in [2.75, 3.05) is 5.06 Å². The Bertz CT molecular complexity index is 1720. The van der Waals surface area contributed by atoms with Crippen LogP contribution in [0.25, 0.3) is 21.7 Å². The van der Waals surface area contributed by atoms with Gasteiger partial charge < -0.3 is 0 Å². The SMILES string of the molecule is O=C1c2cc3ccccc3cc2C(=O)C1c1ccc2cccc(N3OCc4ccccc4C3=O)c2n1. The molecule has 2 heterocycles. The average molecular weight is 470 g/mol. The van der Waals surface area contributed by atoms with Gasteiger partial charge in [0.15, 0.2) is 11.6 Å². The zero-order valence-electron chi connectivity index (χ0n) is 19.0. The molecule has 36 heavy (non-hydrogen) atoms. The second kappa shape index (κ2) is 7.66. The van der Waals surface area contributed by atoms with E-state index in [1.165, 1.54) is 5.06 Å². The van der Waals surface area contributed by atoms with Crippen molar-refractivity contribution in [2.45, 2.75) is 12.5 Å². The summed E-state index contributed by atoms with van der Waals surface area (Å²) in [5.74, 6) is -1.83. The van der Waals surface area contributed by atoms with E-state index in [1.54, 1.807) is 30.3 Å². The number of carbonyl (C=O) groups is 3. The predicted octanol–water partition coefficient (Wildman–Crippen LogP) is 5.64. The standard InChI is InChI=1S/C30H18N2O4/c33-28-22-14-18-6-1-2-7-19(18)15-23(22)29(34)26(28)24-13-12-17-9-5-11-25(27(17)31-24)32-30(35)21-10-4-3-8-20(21)16-36-32/h1-15,26H,16H2. The maximum absolute atomic E-state index is 13.4. The van der Waals surface area contributed by atoms with Gasteiger partial charge >= 0.3 is 0 Å². The third kappa shape index (κ3) is 2.95. The second-order valence-corrected chi connectivity index (χ2v) is 9.02. The molecule has 1 aliphatic heterocycles. The first kappa shape index (κ1) is 20.7. The maximum Gasteiger partial charge on any atom is 0.282 e. The number of carbonyl (C=O) groups excluding carboxylic acids is 3. The Morgan fingerprint density at radius 1 is 0.694 bits per heavy atom. The number of hydroxylamine groups is 1. The number of pyridine rings is 1. The van der Waals surface area contributed by atoms with Crippen molar-refractivity contribution in [3.63, 3.8) is 0 Å². The molecule has 172 valence electrons. The van der Waals surface area contributed by atoms with Gasteiger partial charge in [-0.2, -0.15) is 5.06 Å². The number of anilines is 1. The Hall–Kier alpha value is -4.68. The van der Waals surface area contributed by atoms with E-state index >= 15 is 0 Å². The Morgan fingerprint density at radius 3 is 2.11 bits per heavy atom. The Morgan fingerprint density at radius 2 is 1.36 bits per heavy atom. The summed E-state index contributed by atoms with van der Waals surface area (Å²) in [6.07, 6.45) is 0. The molecule has 4 aromatic carbocycles. The first-order chi connectivity index (χ1) is 17.6. The lowest BCUT2D eigenvalue weighted by Crippen LogP contribution is -2.36. The van der Waals surface area contributed by atoms with Crippen LogP contribution >= 0.6 is 0 Å². The molecule has 0 saturated heterocycles. The molecule has 5 aromatic rings. The number of amides is 1. The molecule has 1 aromatic heterocycles. The topological polar surface area (TPSA) is 76.6 Å². The largest absolute Gasteiger partial charge is 0.293 e. The first-order valence-corrected chi connectivity index (χ1v) is 11.7. The lowest BCUT2D eigenvalue weighted by Gasteiger charge is -2.28. The molecule has 0 fully saturated rings. The number of nitrogens with zero attached hydrogens (tertiary/aromatic N) is 2. The third-order valence-corrected chi connectivity index (χ3v) is 6.96. The highest BCUT2D eigenvalue weighted by Crippen LogP contribution is 2.37.